The number of hydrogen-bond acceptors (Lipinski definition) is 6. The Morgan fingerprint density at radius 3 is 2.60 bits per heavy atom. The summed E-state index contributed by atoms with van der Waals surface area (Å²) in [4.78, 5) is 38.3. The lowest BCUT2D eigenvalue weighted by atomic mass is 9.94. The van der Waals surface area contributed by atoms with Crippen LogP contribution in [-0.2, 0) is 17.8 Å². The van der Waals surface area contributed by atoms with Crippen molar-refractivity contribution in [2.24, 2.45) is 0 Å². The largest absolute Gasteiger partial charge is 0.368 e. The van der Waals surface area contributed by atoms with Crippen molar-refractivity contribution in [1.82, 2.24) is 30.2 Å². The Balaban J connectivity index is 1.51. The number of nitrogens with two attached hydrogens (primary N) is 1. The highest BCUT2D eigenvalue weighted by atomic mass is 19.1. The van der Waals surface area contributed by atoms with Gasteiger partial charge in [0.1, 0.15) is 23.8 Å². The summed E-state index contributed by atoms with van der Waals surface area (Å²) in [5.41, 5.74) is 8.83. The van der Waals surface area contributed by atoms with Crippen LogP contribution in [0, 0.1) is 11.6 Å². The van der Waals surface area contributed by atoms with E-state index < -0.39 is 17.7 Å². The van der Waals surface area contributed by atoms with E-state index >= 15 is 0 Å². The van der Waals surface area contributed by atoms with Crippen molar-refractivity contribution in [3.63, 3.8) is 0 Å². The van der Waals surface area contributed by atoms with Gasteiger partial charge in [-0.15, -0.1) is 0 Å². The van der Waals surface area contributed by atoms with Gasteiger partial charge in [0.2, 0.25) is 11.9 Å². The Morgan fingerprint density at radius 2 is 1.82 bits per heavy atom. The fraction of sp³-hybridized carbons (Fsp3) is 0.138. The number of carbonyl (C=O) groups excluding carboxylic acids is 2. The molecule has 202 valence electrons. The number of amides is 2. The third kappa shape index (κ3) is 5.78. The summed E-state index contributed by atoms with van der Waals surface area (Å²) in [6, 6.07) is 14.8. The Hall–Kier alpha value is -5.19. The lowest BCUT2D eigenvalue weighted by molar-refractivity contribution is -0.122. The third-order valence-electron chi connectivity index (χ3n) is 6.36. The lowest BCUT2D eigenvalue weighted by Gasteiger charge is -2.22. The van der Waals surface area contributed by atoms with Crippen molar-refractivity contribution in [3.05, 3.63) is 108 Å². The van der Waals surface area contributed by atoms with Crippen LogP contribution in [0.5, 0.6) is 0 Å². The van der Waals surface area contributed by atoms with Crippen molar-refractivity contribution >= 4 is 28.8 Å². The maximum absolute atomic E-state index is 14.1. The molecule has 4 N–H and O–H groups in total. The molecule has 0 aliphatic heterocycles. The fourth-order valence-electron chi connectivity index (χ4n) is 4.60. The minimum Gasteiger partial charge on any atom is -0.368 e. The van der Waals surface area contributed by atoms with Crippen LogP contribution in [0.3, 0.4) is 0 Å². The molecule has 0 bridgehead atoms. The van der Waals surface area contributed by atoms with Gasteiger partial charge in [-0.25, -0.2) is 13.8 Å². The second-order valence-electron chi connectivity index (χ2n) is 9.15. The van der Waals surface area contributed by atoms with Gasteiger partial charge in [-0.3, -0.25) is 14.6 Å². The Morgan fingerprint density at radius 1 is 1.02 bits per heavy atom. The van der Waals surface area contributed by atoms with E-state index in [1.54, 1.807) is 60.5 Å². The van der Waals surface area contributed by atoms with Gasteiger partial charge in [-0.1, -0.05) is 18.2 Å². The van der Waals surface area contributed by atoms with Gasteiger partial charge >= 0.3 is 0 Å². The molecule has 40 heavy (non-hydrogen) atoms. The monoisotopic (exact) mass is 541 g/mol. The lowest BCUT2D eigenvalue weighted by Crippen LogP contribution is -2.33. The number of hydrogen-bond donors (Lipinski definition) is 3. The van der Waals surface area contributed by atoms with Crippen LogP contribution >= 0.6 is 0 Å². The predicted octanol–water partition coefficient (Wildman–Crippen LogP) is 3.81. The fourth-order valence-corrected chi connectivity index (χ4v) is 4.60. The molecule has 5 rings (SSSR count). The Labute approximate surface area is 228 Å². The number of nitrogens with zero attached hydrogens (tertiary/aromatic N) is 4. The summed E-state index contributed by atoms with van der Waals surface area (Å²) < 4.78 is 29.8. The molecule has 2 aromatic carbocycles. The van der Waals surface area contributed by atoms with Crippen LogP contribution in [0.2, 0.25) is 0 Å². The number of rotatable bonds is 8. The van der Waals surface area contributed by atoms with Gasteiger partial charge in [-0.2, -0.15) is 4.98 Å². The molecule has 1 atom stereocenters. The summed E-state index contributed by atoms with van der Waals surface area (Å²) >= 11 is 0. The molecular weight excluding hydrogens is 516 g/mol. The molecule has 9 nitrogen and oxygen atoms in total. The van der Waals surface area contributed by atoms with Gasteiger partial charge in [0.25, 0.3) is 5.91 Å². The molecule has 5 aromatic rings. The van der Waals surface area contributed by atoms with Crippen molar-refractivity contribution in [1.29, 1.82) is 0 Å². The van der Waals surface area contributed by atoms with Crippen LogP contribution in [0.25, 0.3) is 22.2 Å². The molecule has 0 fully saturated rings. The smallest absolute Gasteiger partial charge is 0.251 e. The minimum atomic E-state index is -0.768. The van der Waals surface area contributed by atoms with Crippen LogP contribution in [0.15, 0.2) is 79.3 Å². The maximum Gasteiger partial charge on any atom is 0.251 e. The molecule has 0 aliphatic rings. The zero-order valence-corrected chi connectivity index (χ0v) is 21.4. The molecule has 0 radical (unpaired) electrons. The molecule has 0 unspecified atom stereocenters. The molecule has 3 aromatic heterocycles. The second kappa shape index (κ2) is 11.3. The summed E-state index contributed by atoms with van der Waals surface area (Å²) in [7, 11) is 1.54. The average Bonchev–Trinajstić information content (AvgIpc) is 3.33. The van der Waals surface area contributed by atoms with Gasteiger partial charge in [0, 0.05) is 48.2 Å². The quantitative estimate of drug-likeness (QED) is 0.274. The number of nitrogen functional groups attached to an aromatic ring is 1. The zero-order valence-electron chi connectivity index (χ0n) is 21.4. The first-order valence-corrected chi connectivity index (χ1v) is 12.4. The van der Waals surface area contributed by atoms with Gasteiger partial charge < -0.3 is 20.9 Å². The van der Waals surface area contributed by atoms with E-state index in [1.807, 2.05) is 12.1 Å². The highest BCUT2D eigenvalue weighted by Gasteiger charge is 2.22. The molecule has 2 amide bonds. The molecule has 11 heteroatoms. The second-order valence-corrected chi connectivity index (χ2v) is 9.15. The first kappa shape index (κ1) is 26.4. The van der Waals surface area contributed by atoms with Crippen LogP contribution in [-0.4, -0.2) is 38.4 Å². The van der Waals surface area contributed by atoms with E-state index in [9.17, 15) is 18.4 Å². The third-order valence-corrected chi connectivity index (χ3v) is 6.36. The molecule has 0 spiro atoms. The summed E-state index contributed by atoms with van der Waals surface area (Å²) in [5, 5.41) is 6.30. The standard InChI is InChI=1S/C29H25F2N7O2/c1-33-28(40)19-5-2-4-18(13-19)23-6-3-8-34-26(23)24(12-17-10-21(30)14-22(31)11-17)36-25(39)16-38-9-7-20-15-35-29(32)37-27(20)38/h2-11,13-15,24H,12,16H2,1H3,(H,33,40)(H,36,39)(H2,32,35,37)/t24-/m0/s1. The van der Waals surface area contributed by atoms with Crippen molar-refractivity contribution in [3.8, 4) is 11.1 Å². The number of fused-ring (bicyclic) bond motifs is 1. The molecule has 0 saturated carbocycles. The first-order valence-electron chi connectivity index (χ1n) is 12.4. The topological polar surface area (TPSA) is 128 Å². The van der Waals surface area contributed by atoms with E-state index in [1.165, 1.54) is 12.1 Å². The van der Waals surface area contributed by atoms with Crippen molar-refractivity contribution < 1.29 is 18.4 Å². The minimum absolute atomic E-state index is 0.0567. The number of anilines is 1. The number of aromatic nitrogens is 4. The first-order chi connectivity index (χ1) is 19.3. The SMILES string of the molecule is CNC(=O)c1cccc(-c2cccnc2[C@H](Cc2cc(F)cc(F)c2)NC(=O)Cn2ccc3cnc(N)nc32)c1. The molecule has 0 saturated heterocycles. The Kier molecular flexibility index (Phi) is 7.45. The summed E-state index contributed by atoms with van der Waals surface area (Å²) in [6.07, 6.45) is 4.90. The zero-order chi connectivity index (χ0) is 28.2. The molecule has 0 aliphatic carbocycles. The summed E-state index contributed by atoms with van der Waals surface area (Å²) in [6.45, 7) is -0.0950. The normalized spacial score (nSPS) is 11.8. The van der Waals surface area contributed by atoms with E-state index in [0.29, 0.717) is 33.6 Å². The number of carbonyl (C=O) groups is 2. The van der Waals surface area contributed by atoms with Gasteiger partial charge in [0.05, 0.1) is 11.7 Å². The van der Waals surface area contributed by atoms with E-state index in [4.69, 9.17) is 5.73 Å². The van der Waals surface area contributed by atoms with Gasteiger partial charge in [0.15, 0.2) is 0 Å². The molecular formula is C29H25F2N7O2. The highest BCUT2D eigenvalue weighted by molar-refractivity contribution is 5.95. The Bertz CT molecular complexity index is 1700. The van der Waals surface area contributed by atoms with Crippen molar-refractivity contribution in [2.45, 2.75) is 19.0 Å². The number of nitrogens with one attached hydrogen (secondary N) is 2. The van der Waals surface area contributed by atoms with E-state index in [-0.39, 0.29) is 30.7 Å². The number of benzene rings is 2. The average molecular weight is 542 g/mol. The number of pyridine rings is 1. The van der Waals surface area contributed by atoms with Crippen molar-refractivity contribution in [2.75, 3.05) is 12.8 Å². The molecule has 3 heterocycles. The maximum atomic E-state index is 14.1. The van der Waals surface area contributed by atoms with Crippen LogP contribution in [0.1, 0.15) is 27.7 Å². The van der Waals surface area contributed by atoms with Crippen LogP contribution < -0.4 is 16.4 Å². The predicted molar refractivity (Wildman–Crippen MR) is 146 cm³/mol. The van der Waals surface area contributed by atoms with Gasteiger partial charge in [-0.05, 0) is 53.9 Å². The van der Waals surface area contributed by atoms with Crippen LogP contribution in [0.4, 0.5) is 14.7 Å². The highest BCUT2D eigenvalue weighted by Crippen LogP contribution is 2.30. The summed E-state index contributed by atoms with van der Waals surface area (Å²) in [5.74, 6) is -2.01. The van der Waals surface area contributed by atoms with E-state index in [0.717, 1.165) is 11.5 Å². The van der Waals surface area contributed by atoms with E-state index in [2.05, 4.69) is 25.6 Å². The number of halogens is 2.